The van der Waals surface area contributed by atoms with Crippen molar-refractivity contribution in [3.8, 4) is 0 Å². The molecule has 4 heteroatoms. The fraction of sp³-hybridized carbons (Fsp3) is 0.250. The van der Waals surface area contributed by atoms with Gasteiger partial charge >= 0.3 is 6.09 Å². The Bertz CT molecular complexity index is 660. The third-order valence-electron chi connectivity index (χ3n) is 3.55. The van der Waals surface area contributed by atoms with Crippen molar-refractivity contribution < 1.29 is 14.3 Å². The Morgan fingerprint density at radius 1 is 1.15 bits per heavy atom. The van der Waals surface area contributed by atoms with Crippen molar-refractivity contribution in [3.05, 3.63) is 48.0 Å². The average molecular weight is 269 g/mol. The molecule has 0 spiro atoms. The molecule has 1 aliphatic heterocycles. The molecule has 3 rings (SSSR count). The average Bonchev–Trinajstić information content (AvgIpc) is 2.91. The number of benzene rings is 2. The molecule has 0 N–H and O–H groups in total. The van der Waals surface area contributed by atoms with Gasteiger partial charge in [0, 0.05) is 6.42 Å². The molecular formula is C16H15NO3. The van der Waals surface area contributed by atoms with Gasteiger partial charge in [0.2, 0.25) is 5.91 Å². The molecule has 1 saturated heterocycles. The number of fused-ring (bicyclic) bond motifs is 1. The van der Waals surface area contributed by atoms with Crippen molar-refractivity contribution in [2.75, 3.05) is 13.2 Å². The van der Waals surface area contributed by atoms with Crippen molar-refractivity contribution in [2.24, 2.45) is 0 Å². The molecular weight excluding hydrogens is 254 g/mol. The van der Waals surface area contributed by atoms with E-state index in [0.717, 1.165) is 16.3 Å². The predicted octanol–water partition coefficient (Wildman–Crippen LogP) is 2.75. The topological polar surface area (TPSA) is 46.6 Å². The molecule has 0 aliphatic carbocycles. The molecule has 0 bridgehead atoms. The highest BCUT2D eigenvalue weighted by atomic mass is 16.6. The van der Waals surface area contributed by atoms with E-state index in [1.807, 2.05) is 24.3 Å². The summed E-state index contributed by atoms with van der Waals surface area (Å²) in [6, 6.07) is 14.2. The minimum Gasteiger partial charge on any atom is -0.447 e. The van der Waals surface area contributed by atoms with Crippen LogP contribution in [0.15, 0.2) is 42.5 Å². The molecule has 1 heterocycles. The minimum atomic E-state index is -0.520. The van der Waals surface area contributed by atoms with E-state index in [1.165, 1.54) is 4.90 Å². The third-order valence-corrected chi connectivity index (χ3v) is 3.55. The molecule has 0 unspecified atom stereocenters. The molecule has 2 aromatic carbocycles. The van der Waals surface area contributed by atoms with Crippen LogP contribution >= 0.6 is 0 Å². The zero-order valence-electron chi connectivity index (χ0n) is 11.0. The Morgan fingerprint density at radius 2 is 1.95 bits per heavy atom. The van der Waals surface area contributed by atoms with E-state index in [0.29, 0.717) is 26.0 Å². The van der Waals surface area contributed by atoms with E-state index in [2.05, 4.69) is 18.2 Å². The first kappa shape index (κ1) is 12.7. The van der Waals surface area contributed by atoms with Gasteiger partial charge in [0.05, 0.1) is 6.54 Å². The number of cyclic esters (lactones) is 1. The van der Waals surface area contributed by atoms with E-state index in [4.69, 9.17) is 4.74 Å². The van der Waals surface area contributed by atoms with E-state index in [9.17, 15) is 9.59 Å². The quantitative estimate of drug-likeness (QED) is 0.860. The SMILES string of the molecule is O=C(CCc1cccc2ccccc12)N1CCOC1=O. The van der Waals surface area contributed by atoms with Gasteiger partial charge in [-0.3, -0.25) is 4.79 Å². The lowest BCUT2D eigenvalue weighted by atomic mass is 10.0. The summed E-state index contributed by atoms with van der Waals surface area (Å²) in [5, 5.41) is 2.32. The minimum absolute atomic E-state index is 0.166. The maximum Gasteiger partial charge on any atom is 0.416 e. The van der Waals surface area contributed by atoms with Crippen LogP contribution in [0.5, 0.6) is 0 Å². The van der Waals surface area contributed by atoms with E-state index >= 15 is 0 Å². The smallest absolute Gasteiger partial charge is 0.416 e. The number of amides is 2. The van der Waals surface area contributed by atoms with Crippen molar-refractivity contribution in [3.63, 3.8) is 0 Å². The van der Waals surface area contributed by atoms with E-state index < -0.39 is 6.09 Å². The van der Waals surface area contributed by atoms with Gasteiger partial charge in [0.15, 0.2) is 0 Å². The van der Waals surface area contributed by atoms with Crippen molar-refractivity contribution >= 4 is 22.8 Å². The molecule has 0 radical (unpaired) electrons. The molecule has 2 amide bonds. The number of hydrogen-bond acceptors (Lipinski definition) is 3. The normalized spacial score (nSPS) is 14.6. The van der Waals surface area contributed by atoms with Crippen molar-refractivity contribution in [2.45, 2.75) is 12.8 Å². The molecule has 1 aliphatic rings. The van der Waals surface area contributed by atoms with E-state index in [1.54, 1.807) is 0 Å². The maximum absolute atomic E-state index is 12.0. The lowest BCUT2D eigenvalue weighted by Gasteiger charge is -2.11. The number of nitrogens with zero attached hydrogens (tertiary/aromatic N) is 1. The summed E-state index contributed by atoms with van der Waals surface area (Å²) in [6.45, 7) is 0.673. The number of hydrogen-bond donors (Lipinski definition) is 0. The maximum atomic E-state index is 12.0. The van der Waals surface area contributed by atoms with Gasteiger partial charge in [-0.05, 0) is 22.8 Å². The third kappa shape index (κ3) is 2.37. The van der Waals surface area contributed by atoms with Gasteiger partial charge in [-0.25, -0.2) is 9.69 Å². The fourth-order valence-electron chi connectivity index (χ4n) is 2.51. The largest absolute Gasteiger partial charge is 0.447 e. The Hall–Kier alpha value is -2.36. The number of carbonyl (C=O) groups excluding carboxylic acids is 2. The Labute approximate surface area is 116 Å². The summed E-state index contributed by atoms with van der Waals surface area (Å²) in [6.07, 6.45) is 0.431. The summed E-state index contributed by atoms with van der Waals surface area (Å²) in [5.74, 6) is -0.166. The van der Waals surface area contributed by atoms with Crippen LogP contribution in [0.3, 0.4) is 0 Å². The van der Waals surface area contributed by atoms with Gasteiger partial charge in [-0.2, -0.15) is 0 Å². The number of imide groups is 1. The zero-order chi connectivity index (χ0) is 13.9. The first-order chi connectivity index (χ1) is 9.75. The standard InChI is InChI=1S/C16H15NO3/c18-15(17-10-11-20-16(17)19)9-8-13-6-3-5-12-4-1-2-7-14(12)13/h1-7H,8-11H2. The highest BCUT2D eigenvalue weighted by Gasteiger charge is 2.27. The van der Waals surface area contributed by atoms with Gasteiger partial charge < -0.3 is 4.74 Å². The van der Waals surface area contributed by atoms with Gasteiger partial charge in [0.25, 0.3) is 0 Å². The van der Waals surface area contributed by atoms with Crippen LogP contribution in [0.25, 0.3) is 10.8 Å². The molecule has 20 heavy (non-hydrogen) atoms. The number of ether oxygens (including phenoxy) is 1. The van der Waals surface area contributed by atoms with Crippen molar-refractivity contribution in [1.29, 1.82) is 0 Å². The molecule has 4 nitrogen and oxygen atoms in total. The van der Waals surface area contributed by atoms with Gasteiger partial charge in [0.1, 0.15) is 6.61 Å². The molecule has 2 aromatic rings. The highest BCUT2D eigenvalue weighted by molar-refractivity contribution is 5.93. The zero-order valence-corrected chi connectivity index (χ0v) is 11.0. The van der Waals surface area contributed by atoms with Crippen LogP contribution in [0.2, 0.25) is 0 Å². The van der Waals surface area contributed by atoms with Gasteiger partial charge in [-0.15, -0.1) is 0 Å². The first-order valence-electron chi connectivity index (χ1n) is 6.69. The summed E-state index contributed by atoms with van der Waals surface area (Å²) in [4.78, 5) is 24.5. The second-order valence-corrected chi connectivity index (χ2v) is 4.80. The molecule has 102 valence electrons. The molecule has 0 atom stereocenters. The second-order valence-electron chi connectivity index (χ2n) is 4.80. The van der Waals surface area contributed by atoms with Crippen LogP contribution in [-0.2, 0) is 16.0 Å². The highest BCUT2D eigenvalue weighted by Crippen LogP contribution is 2.20. The van der Waals surface area contributed by atoms with Crippen LogP contribution in [0, 0.1) is 0 Å². The second kappa shape index (κ2) is 5.33. The lowest BCUT2D eigenvalue weighted by Crippen LogP contribution is -2.31. The van der Waals surface area contributed by atoms with E-state index in [-0.39, 0.29) is 5.91 Å². The van der Waals surface area contributed by atoms with Crippen LogP contribution in [0.4, 0.5) is 4.79 Å². The summed E-state index contributed by atoms with van der Waals surface area (Å²) >= 11 is 0. The first-order valence-corrected chi connectivity index (χ1v) is 6.69. The number of rotatable bonds is 3. The molecule has 1 fully saturated rings. The van der Waals surface area contributed by atoms with Crippen molar-refractivity contribution in [1.82, 2.24) is 4.90 Å². The monoisotopic (exact) mass is 269 g/mol. The lowest BCUT2D eigenvalue weighted by molar-refractivity contribution is -0.127. The fourth-order valence-corrected chi connectivity index (χ4v) is 2.51. The predicted molar refractivity (Wildman–Crippen MR) is 75.3 cm³/mol. The summed E-state index contributed by atoms with van der Waals surface area (Å²) in [5.41, 5.74) is 1.13. The van der Waals surface area contributed by atoms with Gasteiger partial charge in [-0.1, -0.05) is 42.5 Å². The number of carbonyl (C=O) groups is 2. The summed E-state index contributed by atoms with van der Waals surface area (Å²) < 4.78 is 4.78. The summed E-state index contributed by atoms with van der Waals surface area (Å²) in [7, 11) is 0. The van der Waals surface area contributed by atoms with Crippen LogP contribution < -0.4 is 0 Å². The van der Waals surface area contributed by atoms with Crippen LogP contribution in [0.1, 0.15) is 12.0 Å². The van der Waals surface area contributed by atoms with Crippen LogP contribution in [-0.4, -0.2) is 30.1 Å². The Balaban J connectivity index is 1.74. The Morgan fingerprint density at radius 3 is 2.75 bits per heavy atom. The molecule has 0 saturated carbocycles. The number of aryl methyl sites for hydroxylation is 1. The Kier molecular flexibility index (Phi) is 3.37. The molecule has 0 aromatic heterocycles.